The van der Waals surface area contributed by atoms with Gasteiger partial charge < -0.3 is 14.2 Å². The van der Waals surface area contributed by atoms with Gasteiger partial charge >= 0.3 is 17.9 Å². The van der Waals surface area contributed by atoms with Gasteiger partial charge in [0.2, 0.25) is 0 Å². The average Bonchev–Trinajstić information content (AvgIpc) is 3.35. The molecule has 1 unspecified atom stereocenters. The predicted molar refractivity (Wildman–Crippen MR) is 298 cm³/mol. The highest BCUT2D eigenvalue weighted by molar-refractivity contribution is 5.71. The van der Waals surface area contributed by atoms with E-state index in [0.29, 0.717) is 19.3 Å². The van der Waals surface area contributed by atoms with Crippen LogP contribution >= 0.6 is 0 Å². The minimum atomic E-state index is -0.768. The van der Waals surface area contributed by atoms with Crippen LogP contribution in [0.15, 0.2) is 24.3 Å². The van der Waals surface area contributed by atoms with Crippen LogP contribution in [0.1, 0.15) is 342 Å². The minimum absolute atomic E-state index is 0.0663. The van der Waals surface area contributed by atoms with Gasteiger partial charge in [-0.2, -0.15) is 0 Å². The molecule has 0 aliphatic carbocycles. The summed E-state index contributed by atoms with van der Waals surface area (Å²) in [5, 5.41) is 0. The van der Waals surface area contributed by atoms with Gasteiger partial charge in [-0.15, -0.1) is 0 Å². The summed E-state index contributed by atoms with van der Waals surface area (Å²) in [5.74, 6) is -0.844. The first kappa shape index (κ1) is 66.9. The van der Waals surface area contributed by atoms with Gasteiger partial charge in [0.05, 0.1) is 0 Å². The number of esters is 3. The maximum absolute atomic E-state index is 12.9. The van der Waals surface area contributed by atoms with Crippen molar-refractivity contribution in [3.05, 3.63) is 24.3 Å². The third-order valence-electron chi connectivity index (χ3n) is 14.0. The first-order valence-electron chi connectivity index (χ1n) is 30.8. The van der Waals surface area contributed by atoms with Crippen LogP contribution in [-0.2, 0) is 28.6 Å². The Morgan fingerprint density at radius 2 is 0.522 bits per heavy atom. The molecule has 0 aromatic carbocycles. The minimum Gasteiger partial charge on any atom is -0.462 e. The monoisotopic (exact) mass is 971 g/mol. The lowest BCUT2D eigenvalue weighted by Gasteiger charge is -2.18. The summed E-state index contributed by atoms with van der Waals surface area (Å²) in [4.78, 5) is 38.2. The first-order chi connectivity index (χ1) is 34.0. The van der Waals surface area contributed by atoms with Gasteiger partial charge in [0.25, 0.3) is 0 Å². The van der Waals surface area contributed by atoms with Crippen molar-refractivity contribution >= 4 is 17.9 Å². The average molecular weight is 972 g/mol. The molecule has 69 heavy (non-hydrogen) atoms. The number of carbonyl (C=O) groups is 3. The SMILES string of the molecule is CCCCC/C=C\C/C=C\CCCCCCCCCCCC(=O)OCC(COC(=O)CCCCCCCCCCCCCCCC)OC(=O)CCCCCCCCCCCCCCCCCCCC. The lowest BCUT2D eigenvalue weighted by atomic mass is 10.0. The molecule has 6 nitrogen and oxygen atoms in total. The van der Waals surface area contributed by atoms with Crippen molar-refractivity contribution in [3.63, 3.8) is 0 Å². The lowest BCUT2D eigenvalue weighted by molar-refractivity contribution is -0.167. The van der Waals surface area contributed by atoms with Crippen LogP contribution in [0.25, 0.3) is 0 Å². The van der Waals surface area contributed by atoms with Crippen molar-refractivity contribution in [3.8, 4) is 0 Å². The molecule has 0 aromatic heterocycles. The Kier molecular flexibility index (Phi) is 56.7. The Hall–Kier alpha value is -2.11. The van der Waals surface area contributed by atoms with Gasteiger partial charge in [0.15, 0.2) is 6.10 Å². The normalized spacial score (nSPS) is 12.1. The molecular formula is C63H118O6. The molecule has 0 aliphatic rings. The third-order valence-corrected chi connectivity index (χ3v) is 14.0. The summed E-state index contributed by atoms with van der Waals surface area (Å²) < 4.78 is 16.9. The summed E-state index contributed by atoms with van der Waals surface area (Å²) in [6.07, 6.45) is 68.8. The van der Waals surface area contributed by atoms with Gasteiger partial charge in [-0.1, -0.05) is 295 Å². The smallest absolute Gasteiger partial charge is 0.306 e. The molecule has 0 heterocycles. The zero-order valence-corrected chi connectivity index (χ0v) is 46.6. The van der Waals surface area contributed by atoms with Gasteiger partial charge in [-0.05, 0) is 51.4 Å². The number of ether oxygens (including phenoxy) is 3. The molecule has 0 N–H and O–H groups in total. The van der Waals surface area contributed by atoms with Gasteiger partial charge in [-0.25, -0.2) is 0 Å². The van der Waals surface area contributed by atoms with Gasteiger partial charge in [-0.3, -0.25) is 14.4 Å². The summed E-state index contributed by atoms with van der Waals surface area (Å²) >= 11 is 0. The third kappa shape index (κ3) is 56.7. The van der Waals surface area contributed by atoms with Gasteiger partial charge in [0, 0.05) is 19.3 Å². The number of unbranched alkanes of at least 4 members (excludes halogenated alkanes) is 42. The van der Waals surface area contributed by atoms with Crippen LogP contribution in [0.3, 0.4) is 0 Å². The van der Waals surface area contributed by atoms with Crippen molar-refractivity contribution in [1.82, 2.24) is 0 Å². The predicted octanol–water partition coefficient (Wildman–Crippen LogP) is 20.7. The van der Waals surface area contributed by atoms with Gasteiger partial charge in [0.1, 0.15) is 13.2 Å². The Morgan fingerprint density at radius 1 is 0.290 bits per heavy atom. The van der Waals surface area contributed by atoms with E-state index in [1.807, 2.05) is 0 Å². The summed E-state index contributed by atoms with van der Waals surface area (Å²) in [6.45, 7) is 6.68. The van der Waals surface area contributed by atoms with Crippen LogP contribution in [0.2, 0.25) is 0 Å². The summed E-state index contributed by atoms with van der Waals surface area (Å²) in [5.41, 5.74) is 0. The zero-order chi connectivity index (χ0) is 50.0. The Morgan fingerprint density at radius 3 is 0.826 bits per heavy atom. The highest BCUT2D eigenvalue weighted by Gasteiger charge is 2.19. The van der Waals surface area contributed by atoms with Crippen LogP contribution in [-0.4, -0.2) is 37.2 Å². The molecule has 0 amide bonds. The maximum atomic E-state index is 12.9. The Labute approximate surface area is 430 Å². The molecule has 6 heteroatoms. The van der Waals surface area contributed by atoms with E-state index in [4.69, 9.17) is 14.2 Å². The molecule has 406 valence electrons. The molecular weight excluding hydrogens is 853 g/mol. The van der Waals surface area contributed by atoms with Crippen molar-refractivity contribution in [2.24, 2.45) is 0 Å². The molecule has 0 rings (SSSR count). The van der Waals surface area contributed by atoms with E-state index < -0.39 is 6.10 Å². The second kappa shape index (κ2) is 58.5. The summed E-state index contributed by atoms with van der Waals surface area (Å²) in [6, 6.07) is 0. The van der Waals surface area contributed by atoms with Crippen molar-refractivity contribution < 1.29 is 28.6 Å². The fraction of sp³-hybridized carbons (Fsp3) is 0.889. The fourth-order valence-electron chi connectivity index (χ4n) is 9.30. The second-order valence-electron chi connectivity index (χ2n) is 21.0. The molecule has 0 bridgehead atoms. The zero-order valence-electron chi connectivity index (χ0n) is 46.6. The van der Waals surface area contributed by atoms with Crippen molar-refractivity contribution in [1.29, 1.82) is 0 Å². The molecule has 0 saturated carbocycles. The Bertz CT molecular complexity index is 1110. The Balaban J connectivity index is 4.31. The van der Waals surface area contributed by atoms with Crippen molar-refractivity contribution in [2.45, 2.75) is 348 Å². The van der Waals surface area contributed by atoms with E-state index in [9.17, 15) is 14.4 Å². The van der Waals surface area contributed by atoms with E-state index in [1.54, 1.807) is 0 Å². The van der Waals surface area contributed by atoms with E-state index in [2.05, 4.69) is 45.1 Å². The number of hydrogen-bond donors (Lipinski definition) is 0. The van der Waals surface area contributed by atoms with E-state index in [0.717, 1.165) is 64.2 Å². The topological polar surface area (TPSA) is 78.9 Å². The highest BCUT2D eigenvalue weighted by Crippen LogP contribution is 2.18. The number of rotatable bonds is 57. The molecule has 0 aliphatic heterocycles. The number of hydrogen-bond acceptors (Lipinski definition) is 6. The van der Waals surface area contributed by atoms with Crippen LogP contribution in [0.4, 0.5) is 0 Å². The van der Waals surface area contributed by atoms with E-state index >= 15 is 0 Å². The van der Waals surface area contributed by atoms with Crippen LogP contribution in [0.5, 0.6) is 0 Å². The molecule has 1 atom stereocenters. The molecule has 0 radical (unpaired) electrons. The van der Waals surface area contributed by atoms with Crippen LogP contribution in [0, 0.1) is 0 Å². The first-order valence-corrected chi connectivity index (χ1v) is 30.8. The van der Waals surface area contributed by atoms with Crippen molar-refractivity contribution in [2.75, 3.05) is 13.2 Å². The summed E-state index contributed by atoms with van der Waals surface area (Å²) in [7, 11) is 0. The molecule has 0 saturated heterocycles. The molecule has 0 spiro atoms. The number of carbonyl (C=O) groups excluding carboxylic acids is 3. The lowest BCUT2D eigenvalue weighted by Crippen LogP contribution is -2.30. The largest absolute Gasteiger partial charge is 0.462 e. The number of allylic oxidation sites excluding steroid dienone is 4. The van der Waals surface area contributed by atoms with E-state index in [-0.39, 0.29) is 31.1 Å². The maximum Gasteiger partial charge on any atom is 0.306 e. The standard InChI is InChI=1S/C63H118O6/c1-4-7-10-13-16-19-22-25-28-30-32-34-35-38-41-44-47-50-53-56-62(65)68-59-60(58-67-61(64)55-52-49-46-43-40-37-27-24-21-18-15-12-9-6-3)69-63(66)57-54-51-48-45-42-39-36-33-31-29-26-23-20-17-14-11-8-5-2/h16,19,25,28,60H,4-15,17-18,20-24,26-27,29-59H2,1-3H3/b19-16-,28-25-. The quantitative estimate of drug-likeness (QED) is 0.0261. The fourth-order valence-corrected chi connectivity index (χ4v) is 9.30. The molecule has 0 fully saturated rings. The highest BCUT2D eigenvalue weighted by atomic mass is 16.6. The second-order valence-corrected chi connectivity index (χ2v) is 21.0. The van der Waals surface area contributed by atoms with Crippen LogP contribution < -0.4 is 0 Å². The molecule has 0 aromatic rings. The van der Waals surface area contributed by atoms with E-state index in [1.165, 1.54) is 238 Å².